The molecule has 4 aromatic rings. The Morgan fingerprint density at radius 1 is 1.07 bits per heavy atom. The third-order valence-corrected chi connectivity index (χ3v) is 4.55. The molecule has 3 aromatic carbocycles. The molecule has 0 aliphatic carbocycles. The number of hydrogen-bond donors (Lipinski definition) is 1. The standard InChI is InChI=1S/C23H19FN2O3/c1-28-19-8-5-15(6-9-19)12-22-26-20-10-7-17(13-21(20)29-22)23(27)25-14-16-3-2-4-18(24)11-16/h2-11,13H,12,14H2,1H3,(H,25,27). The number of oxazole rings is 1. The third-order valence-electron chi connectivity index (χ3n) is 4.55. The van der Waals surface area contributed by atoms with Gasteiger partial charge in [-0.1, -0.05) is 24.3 Å². The molecule has 1 amide bonds. The molecule has 0 unspecified atom stereocenters. The summed E-state index contributed by atoms with van der Waals surface area (Å²) in [5.74, 6) is 0.774. The molecule has 0 radical (unpaired) electrons. The zero-order chi connectivity index (χ0) is 20.2. The number of ether oxygens (including phenoxy) is 1. The summed E-state index contributed by atoms with van der Waals surface area (Å²) in [4.78, 5) is 16.9. The summed E-state index contributed by atoms with van der Waals surface area (Å²) in [5, 5.41) is 2.79. The van der Waals surface area contributed by atoms with E-state index in [0.717, 1.165) is 11.3 Å². The number of rotatable bonds is 6. The van der Waals surface area contributed by atoms with Crippen molar-refractivity contribution in [2.45, 2.75) is 13.0 Å². The monoisotopic (exact) mass is 390 g/mol. The van der Waals surface area contributed by atoms with Crippen LogP contribution in [0.3, 0.4) is 0 Å². The molecule has 146 valence electrons. The molecule has 1 heterocycles. The minimum absolute atomic E-state index is 0.244. The fourth-order valence-electron chi connectivity index (χ4n) is 3.04. The van der Waals surface area contributed by atoms with E-state index in [2.05, 4.69) is 10.3 Å². The van der Waals surface area contributed by atoms with Crippen LogP contribution in [-0.4, -0.2) is 18.0 Å². The molecule has 0 spiro atoms. The highest BCUT2D eigenvalue weighted by atomic mass is 19.1. The van der Waals surface area contributed by atoms with Gasteiger partial charge in [-0.3, -0.25) is 4.79 Å². The lowest BCUT2D eigenvalue weighted by Gasteiger charge is -2.05. The molecule has 4 rings (SSSR count). The molecule has 29 heavy (non-hydrogen) atoms. The van der Waals surface area contributed by atoms with E-state index in [4.69, 9.17) is 9.15 Å². The Morgan fingerprint density at radius 3 is 2.66 bits per heavy atom. The Morgan fingerprint density at radius 2 is 1.90 bits per heavy atom. The number of fused-ring (bicyclic) bond motifs is 1. The molecule has 6 heteroatoms. The number of hydrogen-bond acceptors (Lipinski definition) is 4. The fraction of sp³-hybridized carbons (Fsp3) is 0.130. The van der Waals surface area contributed by atoms with Gasteiger partial charge in [-0.25, -0.2) is 9.37 Å². The highest BCUT2D eigenvalue weighted by molar-refractivity contribution is 5.97. The molecule has 5 nitrogen and oxygen atoms in total. The van der Waals surface area contributed by atoms with Crippen LogP contribution in [0.2, 0.25) is 0 Å². The lowest BCUT2D eigenvalue weighted by Crippen LogP contribution is -2.22. The van der Waals surface area contributed by atoms with Crippen molar-refractivity contribution in [3.8, 4) is 5.75 Å². The first-order chi connectivity index (χ1) is 14.1. The van der Waals surface area contributed by atoms with Crippen molar-refractivity contribution in [2.24, 2.45) is 0 Å². The van der Waals surface area contributed by atoms with Gasteiger partial charge >= 0.3 is 0 Å². The molecule has 1 aromatic heterocycles. The molecule has 0 bridgehead atoms. The minimum Gasteiger partial charge on any atom is -0.497 e. The molecule has 0 fully saturated rings. The van der Waals surface area contributed by atoms with E-state index in [0.29, 0.717) is 34.5 Å². The SMILES string of the molecule is COc1ccc(Cc2nc3ccc(C(=O)NCc4cccc(F)c4)cc3o2)cc1. The fourth-order valence-corrected chi connectivity index (χ4v) is 3.04. The topological polar surface area (TPSA) is 64.4 Å². The number of nitrogens with zero attached hydrogens (tertiary/aromatic N) is 1. The average Bonchev–Trinajstić information content (AvgIpc) is 3.14. The van der Waals surface area contributed by atoms with Crippen molar-refractivity contribution in [1.82, 2.24) is 10.3 Å². The van der Waals surface area contributed by atoms with Crippen molar-refractivity contribution in [1.29, 1.82) is 0 Å². The van der Waals surface area contributed by atoms with Gasteiger partial charge in [-0.15, -0.1) is 0 Å². The predicted molar refractivity (Wildman–Crippen MR) is 107 cm³/mol. The Bertz CT molecular complexity index is 1150. The second-order valence-electron chi connectivity index (χ2n) is 6.63. The first kappa shape index (κ1) is 18.7. The van der Waals surface area contributed by atoms with Crippen molar-refractivity contribution in [3.05, 3.63) is 95.1 Å². The summed E-state index contributed by atoms with van der Waals surface area (Å²) in [5.41, 5.74) is 3.44. The predicted octanol–water partition coefficient (Wildman–Crippen LogP) is 4.50. The van der Waals surface area contributed by atoms with Gasteiger partial charge < -0.3 is 14.5 Å². The van der Waals surface area contributed by atoms with Crippen LogP contribution in [0.4, 0.5) is 4.39 Å². The molecule has 1 N–H and O–H groups in total. The van der Waals surface area contributed by atoms with Gasteiger partial charge in [0.2, 0.25) is 0 Å². The molecule has 0 aliphatic rings. The third kappa shape index (κ3) is 4.43. The van der Waals surface area contributed by atoms with E-state index in [-0.39, 0.29) is 18.3 Å². The van der Waals surface area contributed by atoms with Gasteiger partial charge in [0, 0.05) is 18.5 Å². The maximum atomic E-state index is 13.2. The zero-order valence-electron chi connectivity index (χ0n) is 15.8. The molecular weight excluding hydrogens is 371 g/mol. The molecule has 0 saturated heterocycles. The number of aromatic nitrogens is 1. The van der Waals surface area contributed by atoms with Crippen molar-refractivity contribution in [2.75, 3.05) is 7.11 Å². The first-order valence-corrected chi connectivity index (χ1v) is 9.16. The molecular formula is C23H19FN2O3. The average molecular weight is 390 g/mol. The van der Waals surface area contributed by atoms with Crippen LogP contribution >= 0.6 is 0 Å². The van der Waals surface area contributed by atoms with Crippen molar-refractivity contribution in [3.63, 3.8) is 0 Å². The summed E-state index contributed by atoms with van der Waals surface area (Å²) in [6, 6.07) is 18.9. The number of nitrogens with one attached hydrogen (secondary N) is 1. The van der Waals surface area contributed by atoms with E-state index in [1.165, 1.54) is 12.1 Å². The number of amides is 1. The van der Waals surface area contributed by atoms with Crippen LogP contribution in [0.5, 0.6) is 5.75 Å². The van der Waals surface area contributed by atoms with Crippen LogP contribution in [0.15, 0.2) is 71.1 Å². The Hall–Kier alpha value is -3.67. The van der Waals surface area contributed by atoms with Crippen molar-refractivity contribution < 1.29 is 18.3 Å². The summed E-state index contributed by atoms with van der Waals surface area (Å²) in [6.45, 7) is 0.244. The highest BCUT2D eigenvalue weighted by Crippen LogP contribution is 2.20. The van der Waals surface area contributed by atoms with E-state index < -0.39 is 0 Å². The van der Waals surface area contributed by atoms with Crippen molar-refractivity contribution >= 4 is 17.0 Å². The number of benzene rings is 3. The maximum absolute atomic E-state index is 13.2. The Balaban J connectivity index is 1.46. The van der Waals surface area contributed by atoms with E-state index in [1.54, 1.807) is 37.4 Å². The van der Waals surface area contributed by atoms with Gasteiger partial charge in [0.05, 0.1) is 7.11 Å². The minimum atomic E-state index is -0.329. The van der Waals surface area contributed by atoms with E-state index in [1.807, 2.05) is 24.3 Å². The van der Waals surface area contributed by atoms with Crippen LogP contribution in [0.1, 0.15) is 27.4 Å². The quantitative estimate of drug-likeness (QED) is 0.527. The lowest BCUT2D eigenvalue weighted by atomic mass is 10.1. The summed E-state index contributed by atoms with van der Waals surface area (Å²) in [6.07, 6.45) is 0.541. The number of methoxy groups -OCH3 is 1. The van der Waals surface area contributed by atoms with Gasteiger partial charge in [0.25, 0.3) is 5.91 Å². The van der Waals surface area contributed by atoms with Crippen LogP contribution in [-0.2, 0) is 13.0 Å². The van der Waals surface area contributed by atoms with Crippen LogP contribution in [0, 0.1) is 5.82 Å². The number of halogens is 1. The normalized spacial score (nSPS) is 10.8. The number of carbonyl (C=O) groups excluding carboxylic acids is 1. The zero-order valence-corrected chi connectivity index (χ0v) is 15.8. The Labute approximate surface area is 167 Å². The van der Waals surface area contributed by atoms with E-state index in [9.17, 15) is 9.18 Å². The highest BCUT2D eigenvalue weighted by Gasteiger charge is 2.11. The van der Waals surface area contributed by atoms with Gasteiger partial charge in [0.15, 0.2) is 11.5 Å². The molecule has 0 atom stereocenters. The largest absolute Gasteiger partial charge is 0.497 e. The maximum Gasteiger partial charge on any atom is 0.251 e. The lowest BCUT2D eigenvalue weighted by molar-refractivity contribution is 0.0951. The van der Waals surface area contributed by atoms with Gasteiger partial charge in [-0.2, -0.15) is 0 Å². The number of carbonyl (C=O) groups is 1. The summed E-state index contributed by atoms with van der Waals surface area (Å²) < 4.78 is 24.2. The second kappa shape index (κ2) is 8.14. The van der Waals surface area contributed by atoms with Gasteiger partial charge in [-0.05, 0) is 53.6 Å². The van der Waals surface area contributed by atoms with E-state index >= 15 is 0 Å². The smallest absolute Gasteiger partial charge is 0.251 e. The summed E-state index contributed by atoms with van der Waals surface area (Å²) in [7, 11) is 1.63. The first-order valence-electron chi connectivity index (χ1n) is 9.16. The van der Waals surface area contributed by atoms with Gasteiger partial charge in [0.1, 0.15) is 17.1 Å². The molecule has 0 saturated carbocycles. The summed E-state index contributed by atoms with van der Waals surface area (Å²) >= 11 is 0. The Kier molecular flexibility index (Phi) is 5.24. The van der Waals surface area contributed by atoms with Crippen LogP contribution in [0.25, 0.3) is 11.1 Å². The molecule has 0 aliphatic heterocycles. The van der Waals surface area contributed by atoms with Crippen LogP contribution < -0.4 is 10.1 Å². The second-order valence-corrected chi connectivity index (χ2v) is 6.63.